The van der Waals surface area contributed by atoms with E-state index in [2.05, 4.69) is 59.8 Å². The summed E-state index contributed by atoms with van der Waals surface area (Å²) in [4.78, 5) is 25.8. The number of nitrogens with zero attached hydrogens (tertiary/aromatic N) is 4. The smallest absolute Gasteiger partial charge is 0.239 e. The second kappa shape index (κ2) is 9.15. The molecule has 0 unspecified atom stereocenters. The number of carbonyl (C=O) groups excluding carboxylic acids is 2. The second-order valence-corrected chi connectivity index (χ2v) is 10.6. The van der Waals surface area contributed by atoms with Gasteiger partial charge in [0.25, 0.3) is 0 Å². The van der Waals surface area contributed by atoms with Gasteiger partial charge in [0, 0.05) is 24.6 Å². The van der Waals surface area contributed by atoms with Gasteiger partial charge in [0.05, 0.1) is 5.75 Å². The first-order valence-electron chi connectivity index (χ1n) is 11.4. The maximum Gasteiger partial charge on any atom is 0.239 e. The molecule has 2 heterocycles. The number of imide groups is 1. The van der Waals surface area contributed by atoms with Crippen LogP contribution in [0.3, 0.4) is 0 Å². The molecular formula is C24H32N4O2S. The first kappa shape index (κ1) is 22.1. The molecule has 1 aliphatic heterocycles. The Kier molecular flexibility index (Phi) is 6.51. The third kappa shape index (κ3) is 4.86. The Labute approximate surface area is 188 Å². The van der Waals surface area contributed by atoms with Crippen molar-refractivity contribution in [1.29, 1.82) is 0 Å². The topological polar surface area (TPSA) is 68.1 Å². The van der Waals surface area contributed by atoms with Gasteiger partial charge in [-0.05, 0) is 30.2 Å². The van der Waals surface area contributed by atoms with E-state index in [1.165, 1.54) is 41.5 Å². The largest absolute Gasteiger partial charge is 0.299 e. The molecule has 4 rings (SSSR count). The molecular weight excluding hydrogens is 408 g/mol. The Morgan fingerprint density at radius 1 is 1.06 bits per heavy atom. The van der Waals surface area contributed by atoms with Crippen molar-refractivity contribution in [1.82, 2.24) is 19.7 Å². The van der Waals surface area contributed by atoms with E-state index >= 15 is 0 Å². The molecule has 31 heavy (non-hydrogen) atoms. The molecule has 2 amide bonds. The highest BCUT2D eigenvalue weighted by atomic mass is 32.2. The summed E-state index contributed by atoms with van der Waals surface area (Å²) in [6, 6.07) is 8.96. The number of thioether (sulfide) groups is 1. The van der Waals surface area contributed by atoms with Gasteiger partial charge in [-0.15, -0.1) is 10.2 Å². The SMILES string of the molecule is CC(C)(C)c1ccc(-c2nnc(SCC(=O)N3CCCC3=O)n2C2CCCCC2)cc1. The monoisotopic (exact) mass is 440 g/mol. The highest BCUT2D eigenvalue weighted by Gasteiger charge is 2.28. The fraction of sp³-hybridized carbons (Fsp3) is 0.583. The molecule has 6 nitrogen and oxygen atoms in total. The molecule has 1 saturated heterocycles. The molecule has 2 aromatic rings. The average molecular weight is 441 g/mol. The summed E-state index contributed by atoms with van der Waals surface area (Å²) < 4.78 is 2.25. The van der Waals surface area contributed by atoms with Crippen LogP contribution < -0.4 is 0 Å². The maximum atomic E-state index is 12.6. The molecule has 1 aromatic heterocycles. The first-order valence-corrected chi connectivity index (χ1v) is 12.3. The molecule has 7 heteroatoms. The molecule has 166 valence electrons. The molecule has 2 aliphatic rings. The Bertz CT molecular complexity index is 939. The minimum absolute atomic E-state index is 0.0565. The average Bonchev–Trinajstić information content (AvgIpc) is 3.38. The normalized spacial score (nSPS) is 18.0. The second-order valence-electron chi connectivity index (χ2n) is 9.63. The van der Waals surface area contributed by atoms with E-state index in [9.17, 15) is 9.59 Å². The Balaban J connectivity index is 1.59. The van der Waals surface area contributed by atoms with Gasteiger partial charge in [-0.1, -0.05) is 76.1 Å². The number of benzene rings is 1. The number of aromatic nitrogens is 3. The highest BCUT2D eigenvalue weighted by molar-refractivity contribution is 7.99. The Hall–Kier alpha value is -2.15. The lowest BCUT2D eigenvalue weighted by Crippen LogP contribution is -2.33. The van der Waals surface area contributed by atoms with E-state index in [1.807, 2.05) is 0 Å². The van der Waals surface area contributed by atoms with E-state index in [1.54, 1.807) is 0 Å². The molecule has 2 fully saturated rings. The van der Waals surface area contributed by atoms with Gasteiger partial charge in [-0.25, -0.2) is 0 Å². The molecule has 0 bridgehead atoms. The van der Waals surface area contributed by atoms with Crippen LogP contribution in [0.1, 0.15) is 77.3 Å². The van der Waals surface area contributed by atoms with Crippen LogP contribution in [-0.2, 0) is 15.0 Å². The summed E-state index contributed by atoms with van der Waals surface area (Å²) >= 11 is 1.41. The summed E-state index contributed by atoms with van der Waals surface area (Å²) in [5.74, 6) is 0.917. The summed E-state index contributed by atoms with van der Waals surface area (Å²) in [5, 5.41) is 9.80. The minimum atomic E-state index is -0.123. The maximum absolute atomic E-state index is 12.6. The number of hydrogen-bond acceptors (Lipinski definition) is 5. The van der Waals surface area contributed by atoms with E-state index < -0.39 is 0 Å². The van der Waals surface area contributed by atoms with Gasteiger partial charge in [-0.3, -0.25) is 19.1 Å². The lowest BCUT2D eigenvalue weighted by Gasteiger charge is -2.26. The first-order chi connectivity index (χ1) is 14.8. The van der Waals surface area contributed by atoms with E-state index in [-0.39, 0.29) is 23.0 Å². The minimum Gasteiger partial charge on any atom is -0.299 e. The van der Waals surface area contributed by atoms with Crippen LogP contribution in [0.4, 0.5) is 0 Å². The number of carbonyl (C=O) groups is 2. The number of amides is 2. The number of likely N-dealkylation sites (tertiary alicyclic amines) is 1. The summed E-state index contributed by atoms with van der Waals surface area (Å²) in [7, 11) is 0. The predicted molar refractivity (Wildman–Crippen MR) is 123 cm³/mol. The van der Waals surface area contributed by atoms with E-state index in [0.717, 1.165) is 35.8 Å². The quantitative estimate of drug-likeness (QED) is 0.613. The standard InChI is InChI=1S/C24H32N4O2S/c1-24(2,3)18-13-11-17(12-14-18)22-25-26-23(28(22)19-8-5-4-6-9-19)31-16-21(30)27-15-7-10-20(27)29/h11-14,19H,4-10,15-16H2,1-3H3. The van der Waals surface area contributed by atoms with Crippen molar-refractivity contribution >= 4 is 23.6 Å². The van der Waals surface area contributed by atoms with Gasteiger partial charge in [-0.2, -0.15) is 0 Å². The molecule has 0 spiro atoms. The van der Waals surface area contributed by atoms with Crippen molar-refractivity contribution in [3.8, 4) is 11.4 Å². The molecule has 0 atom stereocenters. The van der Waals surface area contributed by atoms with Crippen LogP contribution in [0.25, 0.3) is 11.4 Å². The molecule has 1 aromatic carbocycles. The summed E-state index contributed by atoms with van der Waals surface area (Å²) in [6.45, 7) is 7.18. The zero-order valence-corrected chi connectivity index (χ0v) is 19.6. The third-order valence-electron chi connectivity index (χ3n) is 6.31. The third-order valence-corrected chi connectivity index (χ3v) is 7.24. The molecule has 1 aliphatic carbocycles. The van der Waals surface area contributed by atoms with E-state index in [0.29, 0.717) is 19.0 Å². The number of rotatable bonds is 5. The van der Waals surface area contributed by atoms with Gasteiger partial charge < -0.3 is 0 Å². The van der Waals surface area contributed by atoms with Gasteiger partial charge in [0.15, 0.2) is 11.0 Å². The van der Waals surface area contributed by atoms with Crippen molar-refractivity contribution in [3.63, 3.8) is 0 Å². The van der Waals surface area contributed by atoms with Crippen LogP contribution >= 0.6 is 11.8 Å². The van der Waals surface area contributed by atoms with Crippen molar-refractivity contribution in [2.24, 2.45) is 0 Å². The van der Waals surface area contributed by atoms with Crippen LogP contribution in [0.15, 0.2) is 29.4 Å². The van der Waals surface area contributed by atoms with E-state index in [4.69, 9.17) is 0 Å². The molecule has 1 saturated carbocycles. The lowest BCUT2D eigenvalue weighted by molar-refractivity contribution is -0.140. The van der Waals surface area contributed by atoms with Gasteiger partial charge in [0.1, 0.15) is 0 Å². The van der Waals surface area contributed by atoms with Gasteiger partial charge >= 0.3 is 0 Å². The molecule has 0 radical (unpaired) electrons. The Morgan fingerprint density at radius 2 is 1.77 bits per heavy atom. The van der Waals surface area contributed by atoms with Crippen LogP contribution in [0.5, 0.6) is 0 Å². The summed E-state index contributed by atoms with van der Waals surface area (Å²) in [6.07, 6.45) is 7.14. The van der Waals surface area contributed by atoms with Crippen LogP contribution in [-0.4, -0.2) is 43.8 Å². The van der Waals surface area contributed by atoms with Crippen molar-refractivity contribution in [2.45, 2.75) is 82.3 Å². The fourth-order valence-electron chi connectivity index (χ4n) is 4.48. The van der Waals surface area contributed by atoms with Crippen molar-refractivity contribution in [2.75, 3.05) is 12.3 Å². The zero-order valence-electron chi connectivity index (χ0n) is 18.8. The number of hydrogen-bond donors (Lipinski definition) is 0. The summed E-state index contributed by atoms with van der Waals surface area (Å²) in [5.41, 5.74) is 2.44. The van der Waals surface area contributed by atoms with Crippen molar-refractivity contribution < 1.29 is 9.59 Å². The highest BCUT2D eigenvalue weighted by Crippen LogP contribution is 2.36. The van der Waals surface area contributed by atoms with Gasteiger partial charge in [0.2, 0.25) is 11.8 Å². The van der Waals surface area contributed by atoms with Crippen molar-refractivity contribution in [3.05, 3.63) is 29.8 Å². The lowest BCUT2D eigenvalue weighted by atomic mass is 9.86. The van der Waals surface area contributed by atoms with Crippen LogP contribution in [0, 0.1) is 0 Å². The zero-order chi connectivity index (χ0) is 22.0. The molecule has 0 N–H and O–H groups in total. The van der Waals surface area contributed by atoms with Crippen LogP contribution in [0.2, 0.25) is 0 Å². The Morgan fingerprint density at radius 3 is 2.39 bits per heavy atom. The predicted octanol–water partition coefficient (Wildman–Crippen LogP) is 4.99. The fourth-order valence-corrected chi connectivity index (χ4v) is 5.36.